The Labute approximate surface area is 93.5 Å². The second kappa shape index (κ2) is 4.93. The van der Waals surface area contributed by atoms with E-state index in [0.29, 0.717) is 6.02 Å². The second-order valence-electron chi connectivity index (χ2n) is 3.86. The molecule has 1 aliphatic rings. The predicted octanol–water partition coefficient (Wildman–Crippen LogP) is -1.46. The van der Waals surface area contributed by atoms with Gasteiger partial charge in [-0.25, -0.2) is 9.48 Å². The number of carbonyl (C=O) groups excluding carboxylic acids is 2. The van der Waals surface area contributed by atoms with Gasteiger partial charge >= 0.3 is 6.02 Å². The summed E-state index contributed by atoms with van der Waals surface area (Å²) in [6, 6.07) is 0.437. The molecule has 1 N–H and O–H groups in total. The Balaban J connectivity index is 2.54. The van der Waals surface area contributed by atoms with E-state index in [1.165, 1.54) is 0 Å². The highest BCUT2D eigenvalue weighted by Crippen LogP contribution is 2.07. The molecule has 1 saturated heterocycles. The summed E-state index contributed by atoms with van der Waals surface area (Å²) in [5.41, 5.74) is 0. The van der Waals surface area contributed by atoms with Crippen LogP contribution in [0.25, 0.3) is 0 Å². The Morgan fingerprint density at radius 1 is 1.44 bits per heavy atom. The molecule has 0 bridgehead atoms. The topological polar surface area (TPSA) is 70.9 Å². The molecule has 1 aliphatic heterocycles. The molecule has 16 heavy (non-hydrogen) atoms. The highest BCUT2D eigenvalue weighted by molar-refractivity contribution is 6.04. The van der Waals surface area contributed by atoms with Gasteiger partial charge in [0.05, 0.1) is 34.6 Å². The van der Waals surface area contributed by atoms with E-state index in [0.717, 1.165) is 0 Å². The molecule has 1 rings (SSSR count). The van der Waals surface area contributed by atoms with Gasteiger partial charge in [-0.05, 0) is 0 Å². The van der Waals surface area contributed by atoms with Crippen LogP contribution < -0.4 is 5.32 Å². The zero-order chi connectivity index (χ0) is 12.3. The quantitative estimate of drug-likeness (QED) is 0.157. The van der Waals surface area contributed by atoms with Crippen LogP contribution >= 0.6 is 0 Å². The first-order valence-electron chi connectivity index (χ1n) is 4.80. The van der Waals surface area contributed by atoms with Crippen LogP contribution in [0.2, 0.25) is 0 Å². The lowest BCUT2D eigenvalue weighted by molar-refractivity contribution is -0.494. The molecule has 7 heteroatoms. The lowest BCUT2D eigenvalue weighted by Gasteiger charge is -2.11. The normalized spacial score (nSPS) is 19.4. The summed E-state index contributed by atoms with van der Waals surface area (Å²) in [4.78, 5) is 33.7. The Kier molecular flexibility index (Phi) is 3.83. The van der Waals surface area contributed by atoms with E-state index >= 15 is 0 Å². The number of nitrogens with zero attached hydrogens (tertiary/aromatic N) is 2. The van der Waals surface area contributed by atoms with E-state index < -0.39 is 12.0 Å². The molecule has 0 aromatic carbocycles. The van der Waals surface area contributed by atoms with Crippen molar-refractivity contribution < 1.29 is 23.9 Å². The van der Waals surface area contributed by atoms with Crippen molar-refractivity contribution in [2.75, 3.05) is 28.2 Å². The third-order valence-electron chi connectivity index (χ3n) is 1.93. The molecule has 7 nitrogen and oxygen atoms in total. The summed E-state index contributed by atoms with van der Waals surface area (Å²) >= 11 is 0. The van der Waals surface area contributed by atoms with Crippen molar-refractivity contribution in [1.29, 1.82) is 0 Å². The zero-order valence-corrected chi connectivity index (χ0v) is 9.81. The van der Waals surface area contributed by atoms with Crippen LogP contribution in [0, 0.1) is 0 Å². The summed E-state index contributed by atoms with van der Waals surface area (Å²) in [5.74, 6) is -0.822. The second-order valence-corrected chi connectivity index (χ2v) is 3.86. The van der Waals surface area contributed by atoms with Crippen molar-refractivity contribution in [3.05, 3.63) is 0 Å². The first-order chi connectivity index (χ1) is 7.41. The average molecular weight is 230 g/mol. The predicted molar refractivity (Wildman–Crippen MR) is 54.5 cm³/mol. The highest BCUT2D eigenvalue weighted by Gasteiger charge is 2.34. The van der Waals surface area contributed by atoms with Crippen LogP contribution in [0.4, 0.5) is 0 Å². The minimum atomic E-state index is -0.873. The molecule has 0 aromatic heterocycles. The van der Waals surface area contributed by atoms with E-state index in [9.17, 15) is 9.59 Å². The fourth-order valence-corrected chi connectivity index (χ4v) is 1.26. The van der Waals surface area contributed by atoms with Gasteiger partial charge in [0, 0.05) is 0 Å². The number of imide groups is 1. The largest absolute Gasteiger partial charge is 0.477 e. The lowest BCUT2D eigenvalue weighted by Crippen LogP contribution is -2.35. The first kappa shape index (κ1) is 12.4. The average Bonchev–Trinajstić information content (AvgIpc) is 2.44. The highest BCUT2D eigenvalue weighted by atomic mass is 17.2. The molecule has 0 saturated carbocycles. The Bertz CT molecular complexity index is 334. The fraction of sp³-hybridized carbons (Fsp3) is 0.667. The minimum absolute atomic E-state index is 0.00697. The summed E-state index contributed by atoms with van der Waals surface area (Å²) in [6.45, 7) is 0. The van der Waals surface area contributed by atoms with Gasteiger partial charge in [-0.15, -0.1) is 0 Å². The van der Waals surface area contributed by atoms with E-state index in [2.05, 4.69) is 5.32 Å². The third kappa shape index (κ3) is 2.93. The molecule has 0 spiro atoms. The van der Waals surface area contributed by atoms with Crippen LogP contribution in [0.5, 0.6) is 0 Å². The first-order valence-corrected chi connectivity index (χ1v) is 4.80. The van der Waals surface area contributed by atoms with Crippen LogP contribution in [0.15, 0.2) is 0 Å². The number of carbonyl (C=O) groups is 2. The van der Waals surface area contributed by atoms with Crippen molar-refractivity contribution >= 4 is 17.8 Å². The number of hydrogen-bond donors (Lipinski definition) is 1. The van der Waals surface area contributed by atoms with Crippen molar-refractivity contribution in [1.82, 2.24) is 10.2 Å². The van der Waals surface area contributed by atoms with E-state index in [4.69, 9.17) is 9.78 Å². The summed E-state index contributed by atoms with van der Waals surface area (Å²) < 4.78 is 1.69. The maximum atomic E-state index is 11.2. The summed E-state index contributed by atoms with van der Waals surface area (Å²) in [5, 5.41) is 2.13. The molecule has 0 radical (unpaired) electrons. The van der Waals surface area contributed by atoms with E-state index in [1.54, 1.807) is 37.7 Å². The van der Waals surface area contributed by atoms with Crippen LogP contribution in [0.3, 0.4) is 0 Å². The zero-order valence-electron chi connectivity index (χ0n) is 9.81. The molecular formula is C9H16N3O4+. The van der Waals surface area contributed by atoms with Gasteiger partial charge in [0.1, 0.15) is 0 Å². The number of amidine groups is 1. The van der Waals surface area contributed by atoms with Gasteiger partial charge in [-0.1, -0.05) is 0 Å². The smallest absolute Gasteiger partial charge is 0.294 e. The van der Waals surface area contributed by atoms with Gasteiger partial charge in [0.2, 0.25) is 5.91 Å². The van der Waals surface area contributed by atoms with Crippen LogP contribution in [0.1, 0.15) is 6.42 Å². The SMILES string of the molecule is CN(C)C(OOC1CC(=O)NC1=O)=[N+](C)C. The number of rotatable bonds is 2. The maximum Gasteiger partial charge on any atom is 0.477 e. The Morgan fingerprint density at radius 3 is 2.44 bits per heavy atom. The number of amides is 2. The standard InChI is InChI=1S/C9H15N3O4/c1-11(2)9(12(3)4)16-15-6-5-7(13)10-8(6)14/h6H,5H2,1-4H3/p+1. The molecule has 1 heterocycles. The summed E-state index contributed by atoms with van der Waals surface area (Å²) in [7, 11) is 7.11. The van der Waals surface area contributed by atoms with Crippen molar-refractivity contribution in [3.8, 4) is 0 Å². The molecule has 90 valence electrons. The summed E-state index contributed by atoms with van der Waals surface area (Å²) in [6.07, 6.45) is -0.880. The van der Waals surface area contributed by atoms with Gasteiger partial charge in [0.15, 0.2) is 6.10 Å². The monoisotopic (exact) mass is 230 g/mol. The molecule has 1 unspecified atom stereocenters. The number of nitrogens with one attached hydrogen (secondary N) is 1. The van der Waals surface area contributed by atoms with Gasteiger partial charge in [-0.3, -0.25) is 19.8 Å². The van der Waals surface area contributed by atoms with Gasteiger partial charge in [0.25, 0.3) is 5.91 Å². The minimum Gasteiger partial charge on any atom is -0.294 e. The maximum absolute atomic E-state index is 11.2. The van der Waals surface area contributed by atoms with Crippen molar-refractivity contribution in [3.63, 3.8) is 0 Å². The molecule has 1 atom stereocenters. The van der Waals surface area contributed by atoms with Crippen molar-refractivity contribution in [2.45, 2.75) is 12.5 Å². The molecule has 0 aliphatic carbocycles. The fourth-order valence-electron chi connectivity index (χ4n) is 1.26. The van der Waals surface area contributed by atoms with Crippen LogP contribution in [-0.4, -0.2) is 61.6 Å². The molecule has 1 fully saturated rings. The molecule has 0 aromatic rings. The molecular weight excluding hydrogens is 214 g/mol. The van der Waals surface area contributed by atoms with Crippen LogP contribution in [-0.2, 0) is 19.4 Å². The molecule has 2 amide bonds. The lowest BCUT2D eigenvalue weighted by atomic mass is 10.3. The Morgan fingerprint density at radius 2 is 2.06 bits per heavy atom. The third-order valence-corrected chi connectivity index (χ3v) is 1.93. The number of hydrogen-bond acceptors (Lipinski definition) is 4. The van der Waals surface area contributed by atoms with Crippen molar-refractivity contribution in [2.24, 2.45) is 0 Å². The van der Waals surface area contributed by atoms with Gasteiger partial charge < -0.3 is 0 Å². The Hall–Kier alpha value is -1.63. The van der Waals surface area contributed by atoms with E-state index in [-0.39, 0.29) is 12.3 Å². The van der Waals surface area contributed by atoms with E-state index in [1.807, 2.05) is 0 Å². The van der Waals surface area contributed by atoms with Gasteiger partial charge in [-0.2, -0.15) is 4.89 Å².